The number of hydrogen-bond donors (Lipinski definition) is 0. The highest BCUT2D eigenvalue weighted by Crippen LogP contribution is 2.20. The van der Waals surface area contributed by atoms with E-state index in [0.717, 1.165) is 11.1 Å². The van der Waals surface area contributed by atoms with Gasteiger partial charge in [0.2, 0.25) is 0 Å². The van der Waals surface area contributed by atoms with Gasteiger partial charge in [0, 0.05) is 17.8 Å². The molecule has 0 saturated heterocycles. The molecular formula is C13H9N3. The Balaban J connectivity index is 2.50. The van der Waals surface area contributed by atoms with Gasteiger partial charge in [0.15, 0.2) is 0 Å². The van der Waals surface area contributed by atoms with Gasteiger partial charge < -0.3 is 0 Å². The molecule has 0 saturated carbocycles. The fraction of sp³-hybridized carbons (Fsp3) is 0. The molecule has 0 radical (unpaired) electrons. The van der Waals surface area contributed by atoms with E-state index in [2.05, 4.69) is 10.2 Å². The first-order valence-corrected chi connectivity index (χ1v) is 4.85. The molecule has 0 aliphatic rings. The van der Waals surface area contributed by atoms with Crippen LogP contribution in [0.2, 0.25) is 0 Å². The van der Waals surface area contributed by atoms with Gasteiger partial charge in [-0.25, -0.2) is 0 Å². The number of nitrogens with zero attached hydrogens (tertiary/aromatic N) is 3. The predicted molar refractivity (Wildman–Crippen MR) is 61.2 cm³/mol. The summed E-state index contributed by atoms with van der Waals surface area (Å²) < 4.78 is 0. The Bertz CT molecular complexity index is 483. The van der Waals surface area contributed by atoms with Crippen molar-refractivity contribution in [2.24, 2.45) is 0 Å². The van der Waals surface area contributed by atoms with Crippen molar-refractivity contribution in [2.75, 3.05) is 0 Å². The van der Waals surface area contributed by atoms with E-state index >= 15 is 0 Å². The zero-order valence-electron chi connectivity index (χ0n) is 8.54. The highest BCUT2D eigenvalue weighted by atomic mass is 15.1. The summed E-state index contributed by atoms with van der Waals surface area (Å²) in [7, 11) is 0. The van der Waals surface area contributed by atoms with Crippen molar-refractivity contribution in [1.82, 2.24) is 10.2 Å². The minimum atomic E-state index is 0.704. The fourth-order valence-corrected chi connectivity index (χ4v) is 1.43. The van der Waals surface area contributed by atoms with Crippen LogP contribution >= 0.6 is 0 Å². The van der Waals surface area contributed by atoms with E-state index < -0.39 is 0 Å². The standard InChI is InChI=1S/C13H9N3/c14-9-8-12(11-5-2-1-3-6-11)13-7-4-10-15-16-13/h1-8,10H/b12-8+. The Kier molecular flexibility index (Phi) is 3.05. The normalized spacial score (nSPS) is 10.8. The second-order valence-electron chi connectivity index (χ2n) is 3.16. The molecule has 0 atom stereocenters. The second-order valence-corrected chi connectivity index (χ2v) is 3.16. The van der Waals surface area contributed by atoms with Gasteiger partial charge in [0.25, 0.3) is 0 Å². The molecule has 0 aliphatic heterocycles. The third-order valence-corrected chi connectivity index (χ3v) is 2.14. The molecule has 3 heteroatoms. The van der Waals surface area contributed by atoms with E-state index in [-0.39, 0.29) is 0 Å². The summed E-state index contributed by atoms with van der Waals surface area (Å²) in [4.78, 5) is 0. The molecule has 0 spiro atoms. The summed E-state index contributed by atoms with van der Waals surface area (Å²) in [6.07, 6.45) is 3.10. The van der Waals surface area contributed by atoms with E-state index in [1.807, 2.05) is 42.5 Å². The zero-order valence-corrected chi connectivity index (χ0v) is 8.54. The summed E-state index contributed by atoms with van der Waals surface area (Å²) in [5.41, 5.74) is 2.45. The molecule has 0 N–H and O–H groups in total. The number of allylic oxidation sites excluding steroid dienone is 1. The molecule has 2 aromatic rings. The van der Waals surface area contributed by atoms with Crippen LogP contribution in [-0.2, 0) is 0 Å². The van der Waals surface area contributed by atoms with Gasteiger partial charge in [-0.15, -0.1) is 0 Å². The van der Waals surface area contributed by atoms with Crippen molar-refractivity contribution in [1.29, 1.82) is 5.26 Å². The number of aromatic nitrogens is 2. The van der Waals surface area contributed by atoms with Crippen LogP contribution in [-0.4, -0.2) is 10.2 Å². The lowest BCUT2D eigenvalue weighted by Gasteiger charge is -2.04. The van der Waals surface area contributed by atoms with Crippen LogP contribution in [0.1, 0.15) is 11.3 Å². The Morgan fingerprint density at radius 1 is 1.12 bits per heavy atom. The molecule has 1 heterocycles. The molecule has 16 heavy (non-hydrogen) atoms. The van der Waals surface area contributed by atoms with E-state index in [4.69, 9.17) is 5.26 Å². The van der Waals surface area contributed by atoms with E-state index in [0.29, 0.717) is 5.69 Å². The van der Waals surface area contributed by atoms with Crippen molar-refractivity contribution in [3.05, 3.63) is 66.0 Å². The number of hydrogen-bond acceptors (Lipinski definition) is 3. The van der Waals surface area contributed by atoms with Gasteiger partial charge in [-0.05, 0) is 17.7 Å². The maximum atomic E-state index is 8.78. The van der Waals surface area contributed by atoms with Crippen LogP contribution in [0, 0.1) is 11.3 Å². The summed E-state index contributed by atoms with van der Waals surface area (Å²) >= 11 is 0. The van der Waals surface area contributed by atoms with Gasteiger partial charge >= 0.3 is 0 Å². The molecule has 0 aliphatic carbocycles. The predicted octanol–water partition coefficient (Wildman–Crippen LogP) is 2.43. The minimum absolute atomic E-state index is 0.704. The van der Waals surface area contributed by atoms with Crippen molar-refractivity contribution in [2.45, 2.75) is 0 Å². The van der Waals surface area contributed by atoms with Crippen LogP contribution in [0.5, 0.6) is 0 Å². The summed E-state index contributed by atoms with van der Waals surface area (Å²) in [5, 5.41) is 16.6. The molecule has 76 valence electrons. The quantitative estimate of drug-likeness (QED) is 0.710. The van der Waals surface area contributed by atoms with Crippen LogP contribution < -0.4 is 0 Å². The third-order valence-electron chi connectivity index (χ3n) is 2.14. The third kappa shape index (κ3) is 2.12. The van der Waals surface area contributed by atoms with Crippen LogP contribution in [0.4, 0.5) is 0 Å². The zero-order chi connectivity index (χ0) is 11.2. The van der Waals surface area contributed by atoms with Crippen molar-refractivity contribution in [3.63, 3.8) is 0 Å². The molecule has 0 amide bonds. The Morgan fingerprint density at radius 3 is 2.56 bits per heavy atom. The highest BCUT2D eigenvalue weighted by Gasteiger charge is 2.05. The molecule has 1 aromatic carbocycles. The average molecular weight is 207 g/mol. The van der Waals surface area contributed by atoms with E-state index in [1.165, 1.54) is 6.08 Å². The first kappa shape index (κ1) is 10.1. The molecule has 0 unspecified atom stereocenters. The highest BCUT2D eigenvalue weighted by molar-refractivity contribution is 5.79. The minimum Gasteiger partial charge on any atom is -0.193 e. The number of nitriles is 1. The maximum Gasteiger partial charge on any atom is 0.0942 e. The van der Waals surface area contributed by atoms with Crippen LogP contribution in [0.25, 0.3) is 5.57 Å². The Hall–Kier alpha value is -2.47. The lowest BCUT2D eigenvalue weighted by atomic mass is 10.0. The largest absolute Gasteiger partial charge is 0.193 e. The second kappa shape index (κ2) is 4.85. The van der Waals surface area contributed by atoms with E-state index in [1.54, 1.807) is 12.3 Å². The first-order valence-electron chi connectivity index (χ1n) is 4.85. The molecule has 0 bridgehead atoms. The average Bonchev–Trinajstić information content (AvgIpc) is 2.38. The summed E-state index contributed by atoms with van der Waals surface area (Å²) in [5.74, 6) is 0. The molecule has 1 aromatic heterocycles. The maximum absolute atomic E-state index is 8.78. The lowest BCUT2D eigenvalue weighted by Crippen LogP contribution is -1.92. The SMILES string of the molecule is N#C/C=C(\c1ccccc1)c1cccnn1. The summed E-state index contributed by atoms with van der Waals surface area (Å²) in [6, 6.07) is 15.3. The molecular weight excluding hydrogens is 198 g/mol. The van der Waals surface area contributed by atoms with Crippen LogP contribution in [0.3, 0.4) is 0 Å². The van der Waals surface area contributed by atoms with Crippen molar-refractivity contribution >= 4 is 5.57 Å². The van der Waals surface area contributed by atoms with E-state index in [9.17, 15) is 0 Å². The monoisotopic (exact) mass is 207 g/mol. The van der Waals surface area contributed by atoms with Gasteiger partial charge in [-0.2, -0.15) is 15.5 Å². The Morgan fingerprint density at radius 2 is 1.94 bits per heavy atom. The number of benzene rings is 1. The molecule has 3 nitrogen and oxygen atoms in total. The van der Waals surface area contributed by atoms with Crippen molar-refractivity contribution in [3.8, 4) is 6.07 Å². The van der Waals surface area contributed by atoms with Gasteiger partial charge in [0.05, 0.1) is 11.8 Å². The van der Waals surface area contributed by atoms with Gasteiger partial charge in [0.1, 0.15) is 0 Å². The summed E-state index contributed by atoms with van der Waals surface area (Å²) in [6.45, 7) is 0. The first-order chi connectivity index (χ1) is 7.92. The van der Waals surface area contributed by atoms with Gasteiger partial charge in [-0.3, -0.25) is 0 Å². The molecule has 2 rings (SSSR count). The Labute approximate surface area is 93.7 Å². The molecule has 0 fully saturated rings. The number of rotatable bonds is 2. The lowest BCUT2D eigenvalue weighted by molar-refractivity contribution is 1.01. The van der Waals surface area contributed by atoms with Crippen LogP contribution in [0.15, 0.2) is 54.7 Å². The fourth-order valence-electron chi connectivity index (χ4n) is 1.43. The van der Waals surface area contributed by atoms with Crippen molar-refractivity contribution < 1.29 is 0 Å². The van der Waals surface area contributed by atoms with Gasteiger partial charge in [-0.1, -0.05) is 30.3 Å². The topological polar surface area (TPSA) is 49.6 Å². The smallest absolute Gasteiger partial charge is 0.0942 e.